The zero-order valence-corrected chi connectivity index (χ0v) is 8.54. The van der Waals surface area contributed by atoms with E-state index in [1.807, 2.05) is 0 Å². The van der Waals surface area contributed by atoms with Crippen molar-refractivity contribution in [3.63, 3.8) is 0 Å². The highest BCUT2D eigenvalue weighted by atomic mass is 16.5. The Hall–Kier alpha value is -1.39. The minimum absolute atomic E-state index is 0.0432. The van der Waals surface area contributed by atoms with E-state index >= 15 is 0 Å². The predicted octanol–water partition coefficient (Wildman–Crippen LogP) is 0.701. The van der Waals surface area contributed by atoms with E-state index < -0.39 is 0 Å². The van der Waals surface area contributed by atoms with Crippen molar-refractivity contribution in [2.24, 2.45) is 0 Å². The van der Waals surface area contributed by atoms with E-state index in [1.165, 1.54) is 6.92 Å². The highest BCUT2D eigenvalue weighted by molar-refractivity contribution is 5.72. The summed E-state index contributed by atoms with van der Waals surface area (Å²) in [6.07, 6.45) is 2.44. The van der Waals surface area contributed by atoms with Crippen LogP contribution in [-0.4, -0.2) is 22.6 Å². The van der Waals surface area contributed by atoms with Crippen LogP contribution in [0.4, 0.5) is 0 Å². The lowest BCUT2D eigenvalue weighted by Crippen LogP contribution is -2.22. The molecule has 0 atom stereocenters. The van der Waals surface area contributed by atoms with E-state index in [-0.39, 0.29) is 5.91 Å². The van der Waals surface area contributed by atoms with Gasteiger partial charge in [0.15, 0.2) is 5.82 Å². The molecular formula is C9H15N3O2. The lowest BCUT2D eigenvalue weighted by Gasteiger charge is -1.96. The Labute approximate surface area is 82.9 Å². The first-order valence-electron chi connectivity index (χ1n) is 4.78. The molecule has 0 fully saturated rings. The third-order valence-electron chi connectivity index (χ3n) is 1.70. The van der Waals surface area contributed by atoms with Crippen molar-refractivity contribution in [3.8, 4) is 0 Å². The number of aryl methyl sites for hydroxylation is 1. The van der Waals surface area contributed by atoms with E-state index in [9.17, 15) is 4.79 Å². The summed E-state index contributed by atoms with van der Waals surface area (Å²) in [4.78, 5) is 14.7. The first-order chi connectivity index (χ1) is 6.72. The van der Waals surface area contributed by atoms with Gasteiger partial charge >= 0.3 is 0 Å². The van der Waals surface area contributed by atoms with Crippen LogP contribution < -0.4 is 5.32 Å². The number of nitrogens with one attached hydrogen (secondary N) is 1. The fourth-order valence-electron chi connectivity index (χ4n) is 1.06. The molecule has 1 heterocycles. The van der Waals surface area contributed by atoms with E-state index in [4.69, 9.17) is 4.52 Å². The van der Waals surface area contributed by atoms with Crippen LogP contribution in [0.2, 0.25) is 0 Å². The van der Waals surface area contributed by atoms with E-state index in [0.717, 1.165) is 18.7 Å². The number of carbonyl (C=O) groups excluding carboxylic acids is 1. The van der Waals surface area contributed by atoms with Crippen LogP contribution in [0.3, 0.4) is 0 Å². The highest BCUT2D eigenvalue weighted by Crippen LogP contribution is 2.00. The normalized spacial score (nSPS) is 10.1. The molecule has 0 saturated carbocycles. The molecule has 0 radical (unpaired) electrons. The molecule has 1 rings (SSSR count). The Morgan fingerprint density at radius 1 is 1.50 bits per heavy atom. The molecule has 0 aromatic carbocycles. The van der Waals surface area contributed by atoms with Crippen molar-refractivity contribution in [1.29, 1.82) is 0 Å². The summed E-state index contributed by atoms with van der Waals surface area (Å²) < 4.78 is 4.99. The Morgan fingerprint density at radius 3 is 2.93 bits per heavy atom. The zero-order chi connectivity index (χ0) is 10.4. The average molecular weight is 197 g/mol. The van der Waals surface area contributed by atoms with E-state index in [1.54, 1.807) is 0 Å². The van der Waals surface area contributed by atoms with Gasteiger partial charge in [0.1, 0.15) is 0 Å². The number of hydrogen-bond donors (Lipinski definition) is 1. The fraction of sp³-hybridized carbons (Fsp3) is 0.667. The Bertz CT molecular complexity index is 296. The first-order valence-corrected chi connectivity index (χ1v) is 4.78. The van der Waals surface area contributed by atoms with Crippen LogP contribution in [0.25, 0.3) is 0 Å². The maximum Gasteiger partial charge on any atom is 0.228 e. The monoisotopic (exact) mass is 197 g/mol. The second-order valence-corrected chi connectivity index (χ2v) is 3.09. The topological polar surface area (TPSA) is 68.0 Å². The van der Waals surface area contributed by atoms with Crippen molar-refractivity contribution >= 4 is 5.91 Å². The van der Waals surface area contributed by atoms with Crippen LogP contribution in [0.5, 0.6) is 0 Å². The summed E-state index contributed by atoms with van der Waals surface area (Å²) in [6, 6.07) is 0. The maximum absolute atomic E-state index is 10.6. The average Bonchev–Trinajstić information content (AvgIpc) is 2.53. The van der Waals surface area contributed by atoms with Crippen LogP contribution >= 0.6 is 0 Å². The molecule has 78 valence electrons. The van der Waals surface area contributed by atoms with Gasteiger partial charge in [-0.15, -0.1) is 0 Å². The Balaban J connectivity index is 2.32. The van der Waals surface area contributed by atoms with Gasteiger partial charge in [-0.25, -0.2) is 0 Å². The summed E-state index contributed by atoms with van der Waals surface area (Å²) in [5.74, 6) is 1.28. The zero-order valence-electron chi connectivity index (χ0n) is 8.54. The van der Waals surface area contributed by atoms with E-state index in [2.05, 4.69) is 22.4 Å². The number of aromatic nitrogens is 2. The number of carbonyl (C=O) groups is 1. The maximum atomic E-state index is 10.6. The number of rotatable bonds is 5. The fourth-order valence-corrected chi connectivity index (χ4v) is 1.06. The summed E-state index contributed by atoms with van der Waals surface area (Å²) in [5.41, 5.74) is 0. The van der Waals surface area contributed by atoms with Crippen LogP contribution in [-0.2, 0) is 17.6 Å². The minimum Gasteiger partial charge on any atom is -0.356 e. The van der Waals surface area contributed by atoms with E-state index in [0.29, 0.717) is 18.9 Å². The van der Waals surface area contributed by atoms with Gasteiger partial charge in [0.25, 0.3) is 0 Å². The van der Waals surface area contributed by atoms with Gasteiger partial charge in [-0.3, -0.25) is 4.79 Å². The van der Waals surface area contributed by atoms with Gasteiger partial charge in [0, 0.05) is 26.3 Å². The third-order valence-corrected chi connectivity index (χ3v) is 1.70. The van der Waals surface area contributed by atoms with Gasteiger partial charge in [0.2, 0.25) is 11.8 Å². The second kappa shape index (κ2) is 5.36. The minimum atomic E-state index is -0.0432. The molecule has 1 aromatic heterocycles. The standard InChI is InChI=1S/C9H15N3O2/c1-3-4-8-11-9(14-12-8)5-6-10-7(2)13/h3-6H2,1-2H3,(H,10,13). The van der Waals surface area contributed by atoms with Gasteiger partial charge in [-0.05, 0) is 6.42 Å². The van der Waals surface area contributed by atoms with Gasteiger partial charge in [0.05, 0.1) is 0 Å². The summed E-state index contributed by atoms with van der Waals surface area (Å²) in [7, 11) is 0. The van der Waals surface area contributed by atoms with Crippen molar-refractivity contribution in [3.05, 3.63) is 11.7 Å². The molecule has 0 saturated heterocycles. The molecule has 0 bridgehead atoms. The molecular weight excluding hydrogens is 182 g/mol. The number of nitrogens with zero attached hydrogens (tertiary/aromatic N) is 2. The molecule has 0 unspecified atom stereocenters. The van der Waals surface area contributed by atoms with Crippen LogP contribution in [0.15, 0.2) is 4.52 Å². The van der Waals surface area contributed by atoms with Crippen molar-refractivity contribution in [2.75, 3.05) is 6.54 Å². The lowest BCUT2D eigenvalue weighted by atomic mass is 10.3. The number of amides is 1. The first kappa shape index (κ1) is 10.7. The molecule has 0 spiro atoms. The largest absolute Gasteiger partial charge is 0.356 e. The van der Waals surface area contributed by atoms with Gasteiger partial charge in [-0.1, -0.05) is 12.1 Å². The summed E-state index contributed by atoms with van der Waals surface area (Å²) >= 11 is 0. The Kier molecular flexibility index (Phi) is 4.10. The van der Waals surface area contributed by atoms with Crippen LogP contribution in [0, 0.1) is 0 Å². The quantitative estimate of drug-likeness (QED) is 0.754. The van der Waals surface area contributed by atoms with Gasteiger partial charge in [-0.2, -0.15) is 4.98 Å². The molecule has 14 heavy (non-hydrogen) atoms. The second-order valence-electron chi connectivity index (χ2n) is 3.09. The third kappa shape index (κ3) is 3.55. The summed E-state index contributed by atoms with van der Waals surface area (Å²) in [5, 5.41) is 6.47. The molecule has 5 nitrogen and oxygen atoms in total. The predicted molar refractivity (Wildman–Crippen MR) is 50.7 cm³/mol. The molecule has 1 amide bonds. The van der Waals surface area contributed by atoms with Crippen molar-refractivity contribution in [1.82, 2.24) is 15.5 Å². The lowest BCUT2D eigenvalue weighted by molar-refractivity contribution is -0.118. The number of hydrogen-bond acceptors (Lipinski definition) is 4. The van der Waals surface area contributed by atoms with Crippen molar-refractivity contribution in [2.45, 2.75) is 33.1 Å². The molecule has 0 aliphatic heterocycles. The molecule has 1 N–H and O–H groups in total. The molecule has 1 aromatic rings. The van der Waals surface area contributed by atoms with Crippen molar-refractivity contribution < 1.29 is 9.32 Å². The molecule has 0 aliphatic rings. The Morgan fingerprint density at radius 2 is 2.29 bits per heavy atom. The smallest absolute Gasteiger partial charge is 0.228 e. The molecule has 5 heteroatoms. The molecule has 0 aliphatic carbocycles. The SMILES string of the molecule is CCCc1noc(CCNC(C)=O)n1. The summed E-state index contributed by atoms with van der Waals surface area (Å²) in [6.45, 7) is 4.09. The van der Waals surface area contributed by atoms with Crippen LogP contribution in [0.1, 0.15) is 32.0 Å². The highest BCUT2D eigenvalue weighted by Gasteiger charge is 2.04. The van der Waals surface area contributed by atoms with Gasteiger partial charge < -0.3 is 9.84 Å².